The van der Waals surface area contributed by atoms with Crippen LogP contribution in [0.2, 0.25) is 0 Å². The average molecular weight is 258 g/mol. The first-order valence-corrected chi connectivity index (χ1v) is 8.21. The zero-order chi connectivity index (χ0) is 12.4. The van der Waals surface area contributed by atoms with E-state index in [4.69, 9.17) is 4.74 Å². The fourth-order valence-corrected chi connectivity index (χ4v) is 4.42. The van der Waals surface area contributed by atoms with Gasteiger partial charge in [-0.05, 0) is 51.0 Å². The molecule has 0 amide bonds. The van der Waals surface area contributed by atoms with Crippen LogP contribution in [0.5, 0.6) is 0 Å². The highest BCUT2D eigenvalue weighted by Gasteiger charge is 2.41. The molecule has 1 atom stereocenters. The van der Waals surface area contributed by atoms with Crippen molar-refractivity contribution in [3.05, 3.63) is 11.8 Å². The number of rotatable bonds is 3. The summed E-state index contributed by atoms with van der Waals surface area (Å²) in [5, 5.41) is 0. The van der Waals surface area contributed by atoms with Gasteiger partial charge < -0.3 is 4.74 Å². The van der Waals surface area contributed by atoms with Gasteiger partial charge in [0.05, 0.1) is 12.0 Å². The van der Waals surface area contributed by atoms with Crippen molar-refractivity contribution in [3.8, 4) is 0 Å². The maximum atomic E-state index is 12.0. The second-order valence-corrected chi connectivity index (χ2v) is 8.14. The molecule has 98 valence electrons. The smallest absolute Gasteiger partial charge is 0.159 e. The van der Waals surface area contributed by atoms with E-state index < -0.39 is 14.6 Å². The van der Waals surface area contributed by atoms with E-state index in [1.165, 1.54) is 18.4 Å². The molecule has 0 spiro atoms. The number of hydrogen-bond acceptors (Lipinski definition) is 3. The van der Waals surface area contributed by atoms with Gasteiger partial charge >= 0.3 is 0 Å². The Morgan fingerprint density at radius 3 is 2.59 bits per heavy atom. The SMILES string of the molecule is CC1(COC=C2CCCC2)CCCCS1(=O)=O. The molecule has 1 unspecified atom stereocenters. The van der Waals surface area contributed by atoms with Crippen LogP contribution in [-0.2, 0) is 14.6 Å². The summed E-state index contributed by atoms with van der Waals surface area (Å²) < 4.78 is 28.9. The van der Waals surface area contributed by atoms with Crippen LogP contribution in [0.4, 0.5) is 0 Å². The summed E-state index contributed by atoms with van der Waals surface area (Å²) >= 11 is 0. The molecule has 0 bridgehead atoms. The second kappa shape index (κ2) is 5.01. The lowest BCUT2D eigenvalue weighted by Gasteiger charge is -2.32. The molecule has 1 aliphatic heterocycles. The minimum Gasteiger partial charge on any atom is -0.500 e. The third-order valence-corrected chi connectivity index (χ3v) is 6.65. The van der Waals surface area contributed by atoms with Gasteiger partial charge in [-0.1, -0.05) is 6.42 Å². The molecule has 1 heterocycles. The molecule has 2 aliphatic rings. The molecular formula is C13H22O3S. The molecule has 2 rings (SSSR count). The van der Waals surface area contributed by atoms with Crippen molar-refractivity contribution < 1.29 is 13.2 Å². The van der Waals surface area contributed by atoms with Gasteiger partial charge in [0.2, 0.25) is 0 Å². The summed E-state index contributed by atoms with van der Waals surface area (Å²) in [7, 11) is -2.97. The van der Waals surface area contributed by atoms with Crippen LogP contribution in [0.1, 0.15) is 51.9 Å². The van der Waals surface area contributed by atoms with E-state index in [2.05, 4.69) is 0 Å². The van der Waals surface area contributed by atoms with Crippen LogP contribution in [-0.4, -0.2) is 25.5 Å². The third kappa shape index (κ3) is 2.84. The van der Waals surface area contributed by atoms with E-state index in [9.17, 15) is 8.42 Å². The van der Waals surface area contributed by atoms with Gasteiger partial charge in [0, 0.05) is 0 Å². The summed E-state index contributed by atoms with van der Waals surface area (Å²) in [5.41, 5.74) is 1.34. The fraction of sp³-hybridized carbons (Fsp3) is 0.846. The molecule has 1 aliphatic carbocycles. The highest BCUT2D eigenvalue weighted by molar-refractivity contribution is 7.92. The van der Waals surface area contributed by atoms with Crippen LogP contribution >= 0.6 is 0 Å². The Balaban J connectivity index is 1.94. The van der Waals surface area contributed by atoms with Gasteiger partial charge in [-0.25, -0.2) is 8.42 Å². The minimum atomic E-state index is -2.97. The first kappa shape index (κ1) is 12.9. The van der Waals surface area contributed by atoms with E-state index in [-0.39, 0.29) is 0 Å². The van der Waals surface area contributed by atoms with Crippen molar-refractivity contribution in [2.45, 2.75) is 56.6 Å². The maximum absolute atomic E-state index is 12.0. The lowest BCUT2D eigenvalue weighted by molar-refractivity contribution is 0.201. The first-order valence-electron chi connectivity index (χ1n) is 6.55. The lowest BCUT2D eigenvalue weighted by atomic mass is 10.0. The largest absolute Gasteiger partial charge is 0.500 e. The van der Waals surface area contributed by atoms with Crippen LogP contribution in [0, 0.1) is 0 Å². The Morgan fingerprint density at radius 2 is 1.94 bits per heavy atom. The summed E-state index contributed by atoms with van der Waals surface area (Å²) in [5.74, 6) is 0.323. The predicted molar refractivity (Wildman–Crippen MR) is 68.5 cm³/mol. The molecule has 2 fully saturated rings. The van der Waals surface area contributed by atoms with E-state index >= 15 is 0 Å². The minimum absolute atomic E-state index is 0.318. The van der Waals surface area contributed by atoms with Crippen molar-refractivity contribution >= 4 is 9.84 Å². The monoisotopic (exact) mass is 258 g/mol. The van der Waals surface area contributed by atoms with Crippen LogP contribution in [0.15, 0.2) is 11.8 Å². The highest BCUT2D eigenvalue weighted by Crippen LogP contribution is 2.31. The quantitative estimate of drug-likeness (QED) is 0.731. The highest BCUT2D eigenvalue weighted by atomic mass is 32.2. The van der Waals surface area contributed by atoms with E-state index in [1.54, 1.807) is 0 Å². The number of sulfone groups is 1. The van der Waals surface area contributed by atoms with Gasteiger partial charge in [0.25, 0.3) is 0 Å². The van der Waals surface area contributed by atoms with Gasteiger partial charge in [-0.3, -0.25) is 0 Å². The Bertz CT molecular complexity index is 389. The zero-order valence-corrected chi connectivity index (χ0v) is 11.4. The number of hydrogen-bond donors (Lipinski definition) is 0. The van der Waals surface area contributed by atoms with E-state index in [1.807, 2.05) is 13.2 Å². The third-order valence-electron chi connectivity index (χ3n) is 4.00. The topological polar surface area (TPSA) is 43.4 Å². The van der Waals surface area contributed by atoms with Crippen molar-refractivity contribution in [2.24, 2.45) is 0 Å². The average Bonchev–Trinajstić information content (AvgIpc) is 2.76. The van der Waals surface area contributed by atoms with Crippen molar-refractivity contribution in [1.82, 2.24) is 0 Å². The van der Waals surface area contributed by atoms with Crippen molar-refractivity contribution in [2.75, 3.05) is 12.4 Å². The predicted octanol–water partition coefficient (Wildman–Crippen LogP) is 2.82. The molecule has 17 heavy (non-hydrogen) atoms. The lowest BCUT2D eigenvalue weighted by Crippen LogP contribution is -2.44. The Labute approximate surface area is 104 Å². The normalized spacial score (nSPS) is 32.4. The van der Waals surface area contributed by atoms with Crippen LogP contribution in [0.3, 0.4) is 0 Å². The molecule has 1 saturated heterocycles. The molecule has 4 heteroatoms. The Hall–Kier alpha value is -0.510. The molecular weight excluding hydrogens is 236 g/mol. The summed E-state index contributed by atoms with van der Waals surface area (Å²) in [6.07, 6.45) is 9.05. The molecule has 0 N–H and O–H groups in total. The Morgan fingerprint density at radius 1 is 1.24 bits per heavy atom. The number of allylic oxidation sites excluding steroid dienone is 1. The van der Waals surface area contributed by atoms with Gasteiger partial charge in [-0.15, -0.1) is 0 Å². The standard InChI is InChI=1S/C13H22O3S/c1-13(8-4-5-9-17(13,14)15)11-16-10-12-6-2-3-7-12/h10H,2-9,11H2,1H3. The first-order chi connectivity index (χ1) is 8.04. The van der Waals surface area contributed by atoms with Gasteiger partial charge in [-0.2, -0.15) is 0 Å². The van der Waals surface area contributed by atoms with Crippen LogP contribution in [0.25, 0.3) is 0 Å². The van der Waals surface area contributed by atoms with Crippen molar-refractivity contribution in [3.63, 3.8) is 0 Å². The summed E-state index contributed by atoms with van der Waals surface area (Å²) in [4.78, 5) is 0. The molecule has 0 radical (unpaired) electrons. The van der Waals surface area contributed by atoms with E-state index in [0.717, 1.165) is 32.1 Å². The molecule has 3 nitrogen and oxygen atoms in total. The fourth-order valence-electron chi connectivity index (χ4n) is 2.64. The van der Waals surface area contributed by atoms with Gasteiger partial charge in [0.15, 0.2) is 9.84 Å². The number of ether oxygens (including phenoxy) is 1. The van der Waals surface area contributed by atoms with Crippen LogP contribution < -0.4 is 0 Å². The summed E-state index contributed by atoms with van der Waals surface area (Å²) in [6, 6.07) is 0. The molecule has 1 saturated carbocycles. The maximum Gasteiger partial charge on any atom is 0.159 e. The van der Waals surface area contributed by atoms with Gasteiger partial charge in [0.1, 0.15) is 11.4 Å². The zero-order valence-electron chi connectivity index (χ0n) is 10.6. The molecule has 0 aromatic heterocycles. The Kier molecular flexibility index (Phi) is 3.81. The van der Waals surface area contributed by atoms with Crippen molar-refractivity contribution in [1.29, 1.82) is 0 Å². The molecule has 0 aromatic carbocycles. The molecule has 0 aromatic rings. The van der Waals surface area contributed by atoms with E-state index in [0.29, 0.717) is 12.4 Å². The summed E-state index contributed by atoms with van der Waals surface area (Å²) in [6.45, 7) is 2.15. The second-order valence-electron chi connectivity index (χ2n) is 5.52.